The topological polar surface area (TPSA) is 205 Å². The summed E-state index contributed by atoms with van der Waals surface area (Å²) in [5.41, 5.74) is 5.75. The number of allylic oxidation sites excluding steroid dienone is 1. The van der Waals surface area contributed by atoms with E-state index in [2.05, 4.69) is 26.9 Å². The maximum atomic E-state index is 13.0. The Morgan fingerprint density at radius 1 is 1.34 bits per heavy atom. The number of carboxylic acids is 2. The van der Waals surface area contributed by atoms with Crippen molar-refractivity contribution in [1.82, 2.24) is 20.1 Å². The minimum atomic E-state index is -1.34. The van der Waals surface area contributed by atoms with E-state index in [-0.39, 0.29) is 28.2 Å². The molecule has 5 N–H and O–H groups in total. The Bertz CT molecular complexity index is 1320. The fourth-order valence-corrected chi connectivity index (χ4v) is 5.91. The molecule has 0 aliphatic carbocycles. The van der Waals surface area contributed by atoms with Crippen molar-refractivity contribution in [3.63, 3.8) is 0 Å². The van der Waals surface area contributed by atoms with Gasteiger partial charge in [0.2, 0.25) is 12.5 Å². The van der Waals surface area contributed by atoms with E-state index in [4.69, 9.17) is 10.8 Å². The highest BCUT2D eigenvalue weighted by atomic mass is 32.2. The lowest BCUT2D eigenvalue weighted by molar-refractivity contribution is -0.150. The number of carboxylic acid groups (broad SMARTS) is 2. The van der Waals surface area contributed by atoms with Gasteiger partial charge in [0.15, 0.2) is 10.8 Å². The van der Waals surface area contributed by atoms with Crippen molar-refractivity contribution in [3.05, 3.63) is 46.6 Å². The third-order valence-corrected chi connectivity index (χ3v) is 7.70. The third kappa shape index (κ3) is 5.26. The second-order valence-electron chi connectivity index (χ2n) is 8.18. The minimum Gasteiger partial charge on any atom is -0.479 e. The first-order chi connectivity index (χ1) is 18.1. The van der Waals surface area contributed by atoms with Gasteiger partial charge >= 0.3 is 11.9 Å². The van der Waals surface area contributed by atoms with Gasteiger partial charge in [-0.1, -0.05) is 11.2 Å². The highest BCUT2D eigenvalue weighted by Gasteiger charge is 2.54. The zero-order valence-electron chi connectivity index (χ0n) is 19.7. The van der Waals surface area contributed by atoms with Crippen molar-refractivity contribution in [3.8, 4) is 0 Å². The smallest absolute Gasteiger partial charge is 0.352 e. The Morgan fingerprint density at radius 2 is 2.11 bits per heavy atom. The number of thioether (sulfide) groups is 1. The van der Waals surface area contributed by atoms with Crippen LogP contribution in [0.1, 0.15) is 12.1 Å². The summed E-state index contributed by atoms with van der Waals surface area (Å²) >= 11 is 2.24. The fourth-order valence-electron chi connectivity index (χ4n) is 4.06. The molecule has 1 aromatic rings. The number of anilines is 1. The molecular formula is C22H22N6O8S2. The Hall–Kier alpha value is -4.18. The van der Waals surface area contributed by atoms with Gasteiger partial charge in [-0.05, 0) is 18.1 Å². The molecule has 16 heteroatoms. The largest absolute Gasteiger partial charge is 0.479 e. The van der Waals surface area contributed by atoms with E-state index in [1.54, 1.807) is 11.0 Å². The van der Waals surface area contributed by atoms with E-state index in [1.807, 2.05) is 0 Å². The highest BCUT2D eigenvalue weighted by molar-refractivity contribution is 8.00. The number of oxime groups is 1. The highest BCUT2D eigenvalue weighted by Crippen LogP contribution is 2.41. The van der Waals surface area contributed by atoms with Gasteiger partial charge in [-0.15, -0.1) is 29.7 Å². The van der Waals surface area contributed by atoms with Crippen LogP contribution in [0.4, 0.5) is 5.13 Å². The fraction of sp³-hybridized carbons (Fsp3) is 0.318. The van der Waals surface area contributed by atoms with E-state index >= 15 is 0 Å². The predicted molar refractivity (Wildman–Crippen MR) is 136 cm³/mol. The molecule has 3 aliphatic rings. The number of carbonyl (C=O) groups excluding carboxylic acids is 3. The van der Waals surface area contributed by atoms with Gasteiger partial charge in [0.1, 0.15) is 22.8 Å². The number of nitrogens with zero attached hydrogens (tertiary/aromatic N) is 4. The molecule has 3 amide bonds. The molecule has 0 aromatic carbocycles. The minimum absolute atomic E-state index is 0.0158. The number of nitrogens with one attached hydrogen (secondary N) is 1. The van der Waals surface area contributed by atoms with Gasteiger partial charge in [-0.25, -0.2) is 14.6 Å². The van der Waals surface area contributed by atoms with Crippen LogP contribution in [-0.2, 0) is 28.8 Å². The molecule has 0 spiro atoms. The number of nitrogens with two attached hydrogens (primary N) is 1. The first-order valence-electron chi connectivity index (χ1n) is 11.1. The van der Waals surface area contributed by atoms with E-state index in [9.17, 15) is 29.1 Å². The van der Waals surface area contributed by atoms with Crippen molar-refractivity contribution in [2.75, 3.05) is 31.2 Å². The Labute approximate surface area is 223 Å². The first-order valence-corrected chi connectivity index (χ1v) is 13.0. The summed E-state index contributed by atoms with van der Waals surface area (Å²) in [6.07, 6.45) is 3.57. The van der Waals surface area contributed by atoms with Crippen molar-refractivity contribution in [2.24, 2.45) is 5.16 Å². The summed E-state index contributed by atoms with van der Waals surface area (Å²) in [6, 6.07) is -1.09. The molecule has 38 heavy (non-hydrogen) atoms. The van der Waals surface area contributed by atoms with Crippen LogP contribution in [0.2, 0.25) is 0 Å². The van der Waals surface area contributed by atoms with Crippen LogP contribution in [0, 0.1) is 0 Å². The molecule has 0 bridgehead atoms. The Morgan fingerprint density at radius 3 is 2.74 bits per heavy atom. The molecule has 4 rings (SSSR count). The number of amides is 3. The molecule has 4 heterocycles. The second-order valence-corrected chi connectivity index (χ2v) is 10.2. The van der Waals surface area contributed by atoms with E-state index in [1.165, 1.54) is 23.2 Å². The van der Waals surface area contributed by atoms with Gasteiger partial charge in [0.05, 0.1) is 0 Å². The molecule has 14 nitrogen and oxygen atoms in total. The van der Waals surface area contributed by atoms with Crippen LogP contribution < -0.4 is 11.1 Å². The molecule has 200 valence electrons. The lowest BCUT2D eigenvalue weighted by Gasteiger charge is -2.49. The molecule has 1 aromatic heterocycles. The van der Waals surface area contributed by atoms with Gasteiger partial charge in [0.25, 0.3) is 11.8 Å². The molecule has 0 unspecified atom stereocenters. The Kier molecular flexibility index (Phi) is 7.82. The quantitative estimate of drug-likeness (QED) is 0.0950. The van der Waals surface area contributed by atoms with Crippen molar-refractivity contribution >= 4 is 63.6 Å². The van der Waals surface area contributed by atoms with Gasteiger partial charge in [0, 0.05) is 29.8 Å². The molecular weight excluding hydrogens is 540 g/mol. The number of likely N-dealkylation sites (tertiary alicyclic amines) is 1. The lowest BCUT2D eigenvalue weighted by Crippen LogP contribution is -2.71. The van der Waals surface area contributed by atoms with Crippen molar-refractivity contribution in [1.29, 1.82) is 0 Å². The van der Waals surface area contributed by atoms with E-state index in [0.29, 0.717) is 30.7 Å². The van der Waals surface area contributed by atoms with Crippen LogP contribution in [0.25, 0.3) is 0 Å². The van der Waals surface area contributed by atoms with Crippen LogP contribution in [-0.4, -0.2) is 97.2 Å². The van der Waals surface area contributed by atoms with E-state index in [0.717, 1.165) is 16.2 Å². The van der Waals surface area contributed by atoms with Crippen LogP contribution >= 0.6 is 23.1 Å². The summed E-state index contributed by atoms with van der Waals surface area (Å²) in [7, 11) is 0. The number of aliphatic carboxylic acids is 2. The molecule has 2 saturated heterocycles. The summed E-state index contributed by atoms with van der Waals surface area (Å²) in [4.78, 5) is 72.7. The maximum Gasteiger partial charge on any atom is 0.352 e. The lowest BCUT2D eigenvalue weighted by atomic mass is 10.0. The van der Waals surface area contributed by atoms with Crippen molar-refractivity contribution < 1.29 is 39.0 Å². The number of hydrogen-bond donors (Lipinski definition) is 4. The zero-order valence-corrected chi connectivity index (χ0v) is 21.3. The Balaban J connectivity index is 1.53. The normalized spacial score (nSPS) is 22.3. The van der Waals surface area contributed by atoms with E-state index < -0.39 is 47.5 Å². The van der Waals surface area contributed by atoms with Gasteiger partial charge in [-0.3, -0.25) is 19.3 Å². The number of nitrogen functional groups attached to an aromatic ring is 1. The zero-order chi connectivity index (χ0) is 27.6. The maximum absolute atomic E-state index is 13.0. The number of thiazole rings is 1. The SMILES string of the molecule is C=CCN1CCC(=CC2=C(C(=O)O)N3C(=O)[C@@H](NC(=O)/C(=N\OCC(=O)O)c4csc(N)n4)[C@H]3SC2)C1=O. The first kappa shape index (κ1) is 26.9. The van der Waals surface area contributed by atoms with Crippen LogP contribution in [0.5, 0.6) is 0 Å². The summed E-state index contributed by atoms with van der Waals surface area (Å²) in [5.74, 6) is -4.23. The summed E-state index contributed by atoms with van der Waals surface area (Å²) in [5, 5.41) is 25.5. The molecule has 2 atom stereocenters. The number of fused-ring (bicyclic) bond motifs is 1. The summed E-state index contributed by atoms with van der Waals surface area (Å²) in [6.45, 7) is 3.68. The summed E-state index contributed by atoms with van der Waals surface area (Å²) < 4.78 is 0. The molecule has 0 saturated carbocycles. The van der Waals surface area contributed by atoms with Crippen LogP contribution in [0.15, 0.2) is 46.1 Å². The van der Waals surface area contributed by atoms with Crippen LogP contribution in [0.3, 0.4) is 0 Å². The average molecular weight is 563 g/mol. The number of β-lactam (4-membered cyclic amide) rings is 1. The van der Waals surface area contributed by atoms with Crippen molar-refractivity contribution in [2.45, 2.75) is 17.8 Å². The number of carbonyl (C=O) groups is 5. The van der Waals surface area contributed by atoms with Gasteiger partial charge < -0.3 is 31.0 Å². The second kappa shape index (κ2) is 11.1. The standard InChI is InChI=1S/C22H22N6O8S2/c1-2-4-27-5-3-10(18(27)32)6-11-8-37-20-15(19(33)28(20)16(11)21(34)35)25-17(31)14(26-36-7-13(29)30)12-9-38-22(23)24-12/h2,6,9,15,20H,1,3-5,7-8H2,(H2,23,24)(H,25,31)(H,29,30)(H,34,35)/b10-6?,26-14-/t15-,20-/m1/s1. The molecule has 2 fully saturated rings. The molecule has 3 aliphatic heterocycles. The van der Waals surface area contributed by atoms with Gasteiger partial charge in [-0.2, -0.15) is 0 Å². The monoisotopic (exact) mass is 562 g/mol. The number of rotatable bonds is 10. The average Bonchev–Trinajstić information content (AvgIpc) is 3.45. The molecule has 0 radical (unpaired) electrons. The number of hydrogen-bond acceptors (Lipinski definition) is 11. The number of aromatic nitrogens is 1. The third-order valence-electron chi connectivity index (χ3n) is 5.72. The predicted octanol–water partition coefficient (Wildman–Crippen LogP) is -0.386.